The van der Waals surface area contributed by atoms with Gasteiger partial charge in [-0.2, -0.15) is 0 Å². The van der Waals surface area contributed by atoms with E-state index >= 15 is 0 Å². The van der Waals surface area contributed by atoms with E-state index in [1.54, 1.807) is 24.3 Å². The molecular weight excluding hydrogens is 352 g/mol. The number of benzene rings is 2. The van der Waals surface area contributed by atoms with Gasteiger partial charge in [-0.05, 0) is 36.8 Å². The average molecular weight is 369 g/mol. The number of carbonyl (C=O) groups is 1. The Kier molecular flexibility index (Phi) is 5.19. The molecule has 0 saturated carbocycles. The summed E-state index contributed by atoms with van der Waals surface area (Å²) >= 11 is 6.01. The van der Waals surface area contributed by atoms with E-state index in [-0.39, 0.29) is 11.5 Å². The summed E-state index contributed by atoms with van der Waals surface area (Å²) in [6.07, 6.45) is 1.35. The van der Waals surface area contributed by atoms with Crippen LogP contribution in [0.3, 0.4) is 0 Å². The number of halogens is 1. The van der Waals surface area contributed by atoms with Crippen LogP contribution in [0.15, 0.2) is 54.9 Å². The molecule has 0 atom stereocenters. The molecular formula is C18H17ClN6O. The summed E-state index contributed by atoms with van der Waals surface area (Å²) in [5.74, 6) is 0.303. The highest BCUT2D eigenvalue weighted by atomic mass is 35.5. The number of hydrazine groups is 1. The molecule has 0 fully saturated rings. The van der Waals surface area contributed by atoms with E-state index in [0.717, 1.165) is 11.3 Å². The molecule has 0 radical (unpaired) electrons. The van der Waals surface area contributed by atoms with Gasteiger partial charge in [-0.15, -0.1) is 0 Å². The first-order valence-electron chi connectivity index (χ1n) is 7.79. The van der Waals surface area contributed by atoms with Crippen molar-refractivity contribution < 1.29 is 4.79 Å². The van der Waals surface area contributed by atoms with Crippen molar-refractivity contribution in [3.63, 3.8) is 0 Å². The molecule has 0 aliphatic heterocycles. The minimum atomic E-state index is -0.401. The van der Waals surface area contributed by atoms with E-state index in [1.807, 2.05) is 31.2 Å². The largest absolute Gasteiger partial charge is 0.393 e. The number of hydrogen-bond acceptors (Lipinski definition) is 6. The molecule has 0 saturated heterocycles. The molecule has 1 aromatic heterocycles. The normalized spacial score (nSPS) is 10.2. The molecule has 5 N–H and O–H groups in total. The van der Waals surface area contributed by atoms with Gasteiger partial charge in [0.1, 0.15) is 12.0 Å². The molecule has 0 unspecified atom stereocenters. The summed E-state index contributed by atoms with van der Waals surface area (Å²) in [6.45, 7) is 1.99. The Morgan fingerprint density at radius 3 is 2.62 bits per heavy atom. The fourth-order valence-corrected chi connectivity index (χ4v) is 2.50. The number of nitrogen functional groups attached to an aromatic ring is 1. The standard InChI is InChI=1S/C18H17ClN6O/c1-11-5-4-6-12(9-11)23-16-15(20)17(22-10-21-16)24-25-18(26)13-7-2-3-8-14(13)19/h2-10H,20H2,1H3,(H,25,26)(H2,21,22,23,24). The van der Waals surface area contributed by atoms with E-state index in [0.29, 0.717) is 16.4 Å². The molecule has 7 nitrogen and oxygen atoms in total. The third-order valence-electron chi connectivity index (χ3n) is 3.58. The van der Waals surface area contributed by atoms with Crippen molar-refractivity contribution in [2.45, 2.75) is 6.92 Å². The lowest BCUT2D eigenvalue weighted by Crippen LogP contribution is -2.30. The van der Waals surface area contributed by atoms with Crippen molar-refractivity contribution in [3.05, 3.63) is 71.0 Å². The van der Waals surface area contributed by atoms with Gasteiger partial charge in [0.25, 0.3) is 5.91 Å². The molecule has 1 heterocycles. The second-order valence-electron chi connectivity index (χ2n) is 5.54. The Hall–Kier alpha value is -3.32. The fraction of sp³-hybridized carbons (Fsp3) is 0.0556. The monoisotopic (exact) mass is 368 g/mol. The van der Waals surface area contributed by atoms with Crippen LogP contribution in [0.25, 0.3) is 0 Å². The zero-order valence-electron chi connectivity index (χ0n) is 14.0. The SMILES string of the molecule is Cc1cccc(Nc2ncnc(NNC(=O)c3ccccc3Cl)c2N)c1. The van der Waals surface area contributed by atoms with Crippen LogP contribution in [-0.2, 0) is 0 Å². The smallest absolute Gasteiger partial charge is 0.271 e. The second kappa shape index (κ2) is 7.71. The minimum absolute atomic E-state index is 0.272. The number of nitrogens with two attached hydrogens (primary N) is 1. The van der Waals surface area contributed by atoms with Gasteiger partial charge in [-0.1, -0.05) is 35.9 Å². The molecule has 0 spiro atoms. The van der Waals surface area contributed by atoms with Gasteiger partial charge < -0.3 is 11.1 Å². The maximum atomic E-state index is 12.2. The molecule has 3 aromatic rings. The number of anilines is 4. The Morgan fingerprint density at radius 1 is 1.08 bits per heavy atom. The Labute approximate surface area is 155 Å². The number of rotatable bonds is 5. The number of amides is 1. The molecule has 132 valence electrons. The number of hydrogen-bond donors (Lipinski definition) is 4. The first-order chi connectivity index (χ1) is 12.5. The zero-order valence-corrected chi connectivity index (χ0v) is 14.7. The third-order valence-corrected chi connectivity index (χ3v) is 3.91. The number of nitrogens with one attached hydrogen (secondary N) is 3. The van der Waals surface area contributed by atoms with Gasteiger partial charge in [0.15, 0.2) is 11.6 Å². The van der Waals surface area contributed by atoms with E-state index in [1.165, 1.54) is 6.33 Å². The van der Waals surface area contributed by atoms with Crippen LogP contribution < -0.4 is 21.9 Å². The quantitative estimate of drug-likeness (QED) is 0.513. The number of carbonyl (C=O) groups excluding carboxylic acids is 1. The van der Waals surface area contributed by atoms with E-state index in [9.17, 15) is 4.79 Å². The third kappa shape index (κ3) is 4.01. The van der Waals surface area contributed by atoms with Crippen molar-refractivity contribution in [1.82, 2.24) is 15.4 Å². The summed E-state index contributed by atoms with van der Waals surface area (Å²) in [6, 6.07) is 14.5. The Bertz CT molecular complexity index is 946. The Balaban J connectivity index is 1.73. The molecule has 0 bridgehead atoms. The van der Waals surface area contributed by atoms with Crippen LogP contribution in [0.4, 0.5) is 23.0 Å². The molecule has 2 aromatic carbocycles. The van der Waals surface area contributed by atoms with Crippen molar-refractivity contribution >= 4 is 40.5 Å². The predicted molar refractivity (Wildman–Crippen MR) is 103 cm³/mol. The zero-order chi connectivity index (χ0) is 18.5. The highest BCUT2D eigenvalue weighted by molar-refractivity contribution is 6.33. The highest BCUT2D eigenvalue weighted by Crippen LogP contribution is 2.25. The first kappa shape index (κ1) is 17.5. The van der Waals surface area contributed by atoms with Crippen molar-refractivity contribution in [2.75, 3.05) is 16.5 Å². The minimum Gasteiger partial charge on any atom is -0.393 e. The van der Waals surface area contributed by atoms with E-state index < -0.39 is 5.91 Å². The highest BCUT2D eigenvalue weighted by Gasteiger charge is 2.12. The van der Waals surface area contributed by atoms with Gasteiger partial charge in [-0.25, -0.2) is 9.97 Å². The lowest BCUT2D eigenvalue weighted by atomic mass is 10.2. The number of aromatic nitrogens is 2. The summed E-state index contributed by atoms with van der Waals surface area (Å²) in [5.41, 5.74) is 13.9. The first-order valence-corrected chi connectivity index (χ1v) is 8.17. The van der Waals surface area contributed by atoms with Gasteiger partial charge in [0.2, 0.25) is 0 Å². The van der Waals surface area contributed by atoms with Gasteiger partial charge in [-0.3, -0.25) is 15.6 Å². The van der Waals surface area contributed by atoms with E-state index in [2.05, 4.69) is 26.1 Å². The summed E-state index contributed by atoms with van der Waals surface area (Å²) < 4.78 is 0. The van der Waals surface area contributed by atoms with Crippen LogP contribution in [0.2, 0.25) is 5.02 Å². The lowest BCUT2D eigenvalue weighted by molar-refractivity contribution is 0.0962. The topological polar surface area (TPSA) is 105 Å². The van der Waals surface area contributed by atoms with Crippen LogP contribution in [0.5, 0.6) is 0 Å². The Morgan fingerprint density at radius 2 is 1.85 bits per heavy atom. The van der Waals surface area contributed by atoms with Crippen molar-refractivity contribution in [1.29, 1.82) is 0 Å². The molecule has 3 rings (SSSR count). The second-order valence-corrected chi connectivity index (χ2v) is 5.95. The van der Waals surface area contributed by atoms with Crippen molar-refractivity contribution in [3.8, 4) is 0 Å². The van der Waals surface area contributed by atoms with Gasteiger partial charge in [0, 0.05) is 5.69 Å². The van der Waals surface area contributed by atoms with Crippen LogP contribution >= 0.6 is 11.6 Å². The maximum Gasteiger partial charge on any atom is 0.271 e. The van der Waals surface area contributed by atoms with Crippen molar-refractivity contribution in [2.24, 2.45) is 0 Å². The van der Waals surface area contributed by atoms with Crippen LogP contribution in [0, 0.1) is 6.92 Å². The van der Waals surface area contributed by atoms with E-state index in [4.69, 9.17) is 17.3 Å². The summed E-state index contributed by atoms with van der Waals surface area (Å²) in [7, 11) is 0. The fourth-order valence-electron chi connectivity index (χ4n) is 2.28. The molecule has 1 amide bonds. The summed E-state index contributed by atoms with van der Waals surface area (Å²) in [4.78, 5) is 20.4. The van der Waals surface area contributed by atoms with Gasteiger partial charge in [0.05, 0.1) is 10.6 Å². The lowest BCUT2D eigenvalue weighted by Gasteiger charge is -2.13. The van der Waals surface area contributed by atoms with Crippen LogP contribution in [0.1, 0.15) is 15.9 Å². The predicted octanol–water partition coefficient (Wildman–Crippen LogP) is 3.52. The van der Waals surface area contributed by atoms with Crippen LogP contribution in [-0.4, -0.2) is 15.9 Å². The number of nitrogens with zero attached hydrogens (tertiary/aromatic N) is 2. The number of aryl methyl sites for hydroxylation is 1. The molecule has 26 heavy (non-hydrogen) atoms. The summed E-state index contributed by atoms with van der Waals surface area (Å²) in [5, 5.41) is 3.48. The maximum absolute atomic E-state index is 12.2. The average Bonchev–Trinajstić information content (AvgIpc) is 2.62. The molecule has 0 aliphatic rings. The molecule has 0 aliphatic carbocycles. The van der Waals surface area contributed by atoms with Gasteiger partial charge >= 0.3 is 0 Å². The molecule has 8 heteroatoms.